The lowest BCUT2D eigenvalue weighted by molar-refractivity contribution is 0.0670. The zero-order chi connectivity index (χ0) is 22.9. The second kappa shape index (κ2) is 8.79. The largest absolute Gasteiger partial charge is 0.493 e. The first-order valence-electron chi connectivity index (χ1n) is 11.4. The Kier molecular flexibility index (Phi) is 5.35. The topological polar surface area (TPSA) is 82.3 Å². The third-order valence-electron chi connectivity index (χ3n) is 6.18. The molecule has 1 N–H and O–H groups in total. The Morgan fingerprint density at radius 1 is 1.18 bits per heavy atom. The third-order valence-corrected chi connectivity index (χ3v) is 6.18. The third kappa shape index (κ3) is 3.97. The molecule has 0 amide bonds. The van der Waals surface area contributed by atoms with Crippen molar-refractivity contribution < 1.29 is 14.2 Å². The normalized spacial score (nSPS) is 16.7. The first-order chi connectivity index (χ1) is 16.8. The van der Waals surface area contributed by atoms with E-state index in [1.54, 1.807) is 13.3 Å². The molecule has 2 aliphatic rings. The molecule has 1 fully saturated rings. The van der Waals surface area contributed by atoms with Gasteiger partial charge in [-0.25, -0.2) is 9.97 Å². The quantitative estimate of drug-likeness (QED) is 0.437. The number of imidazole rings is 1. The molecule has 0 unspecified atom stereocenters. The number of nitrogens with zero attached hydrogens (tertiary/aromatic N) is 4. The van der Waals surface area contributed by atoms with Crippen LogP contribution in [0.4, 0.5) is 11.5 Å². The van der Waals surface area contributed by atoms with E-state index in [1.165, 1.54) is 11.1 Å². The van der Waals surface area contributed by atoms with Gasteiger partial charge in [-0.15, -0.1) is 0 Å². The summed E-state index contributed by atoms with van der Waals surface area (Å²) in [5, 5.41) is 3.42. The van der Waals surface area contributed by atoms with Crippen LogP contribution in [-0.4, -0.2) is 47.0 Å². The van der Waals surface area contributed by atoms with E-state index < -0.39 is 0 Å². The first-order valence-corrected chi connectivity index (χ1v) is 11.4. The van der Waals surface area contributed by atoms with Crippen LogP contribution in [0.2, 0.25) is 0 Å². The zero-order valence-corrected chi connectivity index (χ0v) is 18.9. The number of hydrogen-bond donors (Lipinski definition) is 1. The Labute approximate surface area is 197 Å². The fourth-order valence-electron chi connectivity index (χ4n) is 4.38. The molecule has 6 rings (SSSR count). The number of hydrogen-bond acceptors (Lipinski definition) is 7. The monoisotopic (exact) mass is 455 g/mol. The number of rotatable bonds is 7. The molecule has 4 aromatic rings. The Morgan fingerprint density at radius 3 is 3.03 bits per heavy atom. The highest BCUT2D eigenvalue weighted by molar-refractivity contribution is 5.86. The highest BCUT2D eigenvalue weighted by Crippen LogP contribution is 2.33. The highest BCUT2D eigenvalue weighted by atomic mass is 16.5. The molecular weight excluding hydrogens is 430 g/mol. The van der Waals surface area contributed by atoms with Crippen LogP contribution < -0.4 is 14.8 Å². The molecule has 8 nitrogen and oxygen atoms in total. The van der Waals surface area contributed by atoms with Gasteiger partial charge in [-0.2, -0.15) is 0 Å². The summed E-state index contributed by atoms with van der Waals surface area (Å²) >= 11 is 0. The zero-order valence-electron chi connectivity index (χ0n) is 18.9. The predicted molar refractivity (Wildman–Crippen MR) is 130 cm³/mol. The summed E-state index contributed by atoms with van der Waals surface area (Å²) in [6.45, 7) is 2.04. The Hall–Kier alpha value is -3.91. The predicted octanol–water partition coefficient (Wildman–Crippen LogP) is 4.64. The van der Waals surface area contributed by atoms with Crippen molar-refractivity contribution in [3.05, 3.63) is 66.1 Å². The van der Waals surface area contributed by atoms with E-state index in [1.807, 2.05) is 41.2 Å². The van der Waals surface area contributed by atoms with Gasteiger partial charge < -0.3 is 23.9 Å². The molecule has 172 valence electrons. The number of anilines is 2. The van der Waals surface area contributed by atoms with E-state index in [0.29, 0.717) is 30.5 Å². The molecule has 0 radical (unpaired) electrons. The summed E-state index contributed by atoms with van der Waals surface area (Å²) in [5.41, 5.74) is 5.84. The molecule has 34 heavy (non-hydrogen) atoms. The second-order valence-corrected chi connectivity index (χ2v) is 8.45. The molecule has 1 saturated heterocycles. The Balaban J connectivity index is 1.29. The SMILES string of the molecule is COc1cc(Nc2nc(-c3ccc4c(c3)CN=C4)cn3ccnc23)ccc1OC[C@@H]1CCCO1. The van der Waals surface area contributed by atoms with Gasteiger partial charge in [0.2, 0.25) is 0 Å². The van der Waals surface area contributed by atoms with E-state index in [9.17, 15) is 0 Å². The summed E-state index contributed by atoms with van der Waals surface area (Å²) in [6, 6.07) is 12.1. The molecule has 2 aliphatic heterocycles. The smallest absolute Gasteiger partial charge is 0.180 e. The standard InChI is InChI=1S/C26H25N5O3/c1-32-24-12-20(6-7-23(24)34-16-21-3-2-10-33-21)29-25-26-28-8-9-31(26)15-22(30-25)17-4-5-18-13-27-14-19(18)11-17/h4-9,11-13,15,21H,2-3,10,14,16H2,1H3,(H,29,30)/t21-/m0/s1. The molecule has 4 heterocycles. The van der Waals surface area contributed by atoms with E-state index in [-0.39, 0.29) is 6.10 Å². The van der Waals surface area contributed by atoms with Gasteiger partial charge in [0.05, 0.1) is 25.5 Å². The molecule has 0 aliphatic carbocycles. The molecule has 2 aromatic heterocycles. The van der Waals surface area contributed by atoms with Crippen LogP contribution >= 0.6 is 0 Å². The number of methoxy groups -OCH3 is 1. The minimum atomic E-state index is 0.147. The molecule has 1 atom stereocenters. The second-order valence-electron chi connectivity index (χ2n) is 8.45. The van der Waals surface area contributed by atoms with Crippen LogP contribution in [0.5, 0.6) is 11.5 Å². The number of ether oxygens (including phenoxy) is 3. The van der Waals surface area contributed by atoms with Gasteiger partial charge in [-0.05, 0) is 42.2 Å². The molecule has 0 saturated carbocycles. The van der Waals surface area contributed by atoms with E-state index >= 15 is 0 Å². The number of nitrogens with one attached hydrogen (secondary N) is 1. The first kappa shape index (κ1) is 20.7. The Bertz CT molecular complexity index is 1370. The Morgan fingerprint density at radius 2 is 2.15 bits per heavy atom. The van der Waals surface area contributed by atoms with Crippen molar-refractivity contribution in [1.82, 2.24) is 14.4 Å². The fourth-order valence-corrected chi connectivity index (χ4v) is 4.38. The van der Waals surface area contributed by atoms with E-state index in [2.05, 4.69) is 33.5 Å². The van der Waals surface area contributed by atoms with Gasteiger partial charge in [0.15, 0.2) is 23.0 Å². The van der Waals surface area contributed by atoms with Crippen LogP contribution in [0.25, 0.3) is 16.9 Å². The van der Waals surface area contributed by atoms with Crippen LogP contribution in [0.1, 0.15) is 24.0 Å². The molecule has 8 heteroatoms. The van der Waals surface area contributed by atoms with Gasteiger partial charge in [0.1, 0.15) is 6.61 Å². The van der Waals surface area contributed by atoms with E-state index in [4.69, 9.17) is 19.2 Å². The summed E-state index contributed by atoms with van der Waals surface area (Å²) in [4.78, 5) is 13.8. The van der Waals surface area contributed by atoms with Gasteiger partial charge >= 0.3 is 0 Å². The van der Waals surface area contributed by atoms with E-state index in [0.717, 1.165) is 42.0 Å². The van der Waals surface area contributed by atoms with Crippen LogP contribution in [0.3, 0.4) is 0 Å². The maximum Gasteiger partial charge on any atom is 0.180 e. The van der Waals surface area contributed by atoms with Crippen molar-refractivity contribution in [3.8, 4) is 22.8 Å². The average Bonchev–Trinajstić information content (AvgIpc) is 3.64. The summed E-state index contributed by atoms with van der Waals surface area (Å²) in [5.74, 6) is 2.00. The van der Waals surface area contributed by atoms with Crippen LogP contribution in [0.15, 0.2) is 60.0 Å². The molecule has 2 aromatic carbocycles. The highest BCUT2D eigenvalue weighted by Gasteiger charge is 2.18. The van der Waals surface area contributed by atoms with Crippen molar-refractivity contribution in [3.63, 3.8) is 0 Å². The number of benzene rings is 2. The van der Waals surface area contributed by atoms with Crippen molar-refractivity contribution in [2.75, 3.05) is 25.6 Å². The number of aliphatic imine (C=N–C) groups is 1. The summed E-state index contributed by atoms with van der Waals surface area (Å²) in [6.07, 6.45) is 9.86. The average molecular weight is 456 g/mol. The molecule has 0 spiro atoms. The summed E-state index contributed by atoms with van der Waals surface area (Å²) in [7, 11) is 1.64. The lowest BCUT2D eigenvalue weighted by Gasteiger charge is -2.16. The molecular formula is C26H25N5O3. The van der Waals surface area contributed by atoms with Crippen molar-refractivity contribution >= 4 is 23.4 Å². The van der Waals surface area contributed by atoms with Gasteiger partial charge in [0, 0.05) is 48.7 Å². The molecule has 0 bridgehead atoms. The maximum absolute atomic E-state index is 5.97. The minimum absolute atomic E-state index is 0.147. The maximum atomic E-state index is 5.97. The van der Waals surface area contributed by atoms with Crippen molar-refractivity contribution in [2.45, 2.75) is 25.5 Å². The van der Waals surface area contributed by atoms with Crippen LogP contribution in [0, 0.1) is 0 Å². The fraction of sp³-hybridized carbons (Fsp3) is 0.269. The van der Waals surface area contributed by atoms with Crippen molar-refractivity contribution in [1.29, 1.82) is 0 Å². The van der Waals surface area contributed by atoms with Gasteiger partial charge in [-0.1, -0.05) is 12.1 Å². The summed E-state index contributed by atoms with van der Waals surface area (Å²) < 4.78 is 19.2. The lowest BCUT2D eigenvalue weighted by atomic mass is 10.0. The van der Waals surface area contributed by atoms with Crippen LogP contribution in [-0.2, 0) is 11.3 Å². The lowest BCUT2D eigenvalue weighted by Crippen LogP contribution is -2.16. The minimum Gasteiger partial charge on any atom is -0.493 e. The number of aromatic nitrogens is 3. The van der Waals surface area contributed by atoms with Crippen molar-refractivity contribution in [2.24, 2.45) is 4.99 Å². The van der Waals surface area contributed by atoms with Gasteiger partial charge in [-0.3, -0.25) is 4.99 Å². The van der Waals surface area contributed by atoms with Gasteiger partial charge in [0.25, 0.3) is 0 Å². The number of fused-ring (bicyclic) bond motifs is 2.